The van der Waals surface area contributed by atoms with Gasteiger partial charge < -0.3 is 15.1 Å². The third-order valence-corrected chi connectivity index (χ3v) is 9.15. The van der Waals surface area contributed by atoms with Gasteiger partial charge in [-0.05, 0) is 49.6 Å². The quantitative estimate of drug-likeness (QED) is 0.479. The van der Waals surface area contributed by atoms with Crippen LogP contribution in [0.4, 0.5) is 11.4 Å². The summed E-state index contributed by atoms with van der Waals surface area (Å²) in [5.74, 6) is 0.583. The topological polar surface area (TPSA) is 81.8 Å². The number of piperazine rings is 1. The van der Waals surface area contributed by atoms with Crippen molar-refractivity contribution in [2.24, 2.45) is 5.92 Å². The average molecular weight is 513 g/mol. The van der Waals surface area contributed by atoms with Crippen molar-refractivity contribution in [3.8, 4) is 0 Å². The first-order valence-electron chi connectivity index (χ1n) is 13.3. The predicted molar refractivity (Wildman–Crippen MR) is 146 cm³/mol. The van der Waals surface area contributed by atoms with Crippen LogP contribution in [0.15, 0.2) is 53.4 Å². The van der Waals surface area contributed by atoms with E-state index in [4.69, 9.17) is 0 Å². The van der Waals surface area contributed by atoms with Crippen LogP contribution in [-0.2, 0) is 14.8 Å². The maximum Gasteiger partial charge on any atom is 0.243 e. The van der Waals surface area contributed by atoms with Gasteiger partial charge in [0.1, 0.15) is 4.90 Å². The van der Waals surface area contributed by atoms with Crippen LogP contribution in [0.1, 0.15) is 64.0 Å². The van der Waals surface area contributed by atoms with Gasteiger partial charge >= 0.3 is 0 Å². The molecule has 0 spiro atoms. The molecule has 1 amide bonds. The number of anilines is 2. The van der Waals surface area contributed by atoms with Gasteiger partial charge in [-0.1, -0.05) is 62.9 Å². The largest absolute Gasteiger partial charge is 0.368 e. The van der Waals surface area contributed by atoms with Crippen molar-refractivity contribution in [1.29, 1.82) is 0 Å². The van der Waals surface area contributed by atoms with Crippen LogP contribution in [0.3, 0.4) is 0 Å². The maximum absolute atomic E-state index is 13.7. The van der Waals surface area contributed by atoms with Gasteiger partial charge in [-0.3, -0.25) is 4.79 Å². The molecule has 1 aliphatic heterocycles. The first-order chi connectivity index (χ1) is 17.4. The van der Waals surface area contributed by atoms with Gasteiger partial charge in [0, 0.05) is 44.3 Å². The Morgan fingerprint density at radius 2 is 1.72 bits per heavy atom. The number of benzene rings is 2. The van der Waals surface area contributed by atoms with Crippen molar-refractivity contribution in [2.75, 3.05) is 42.9 Å². The Labute approximate surface area is 216 Å². The molecule has 0 unspecified atom stereocenters. The van der Waals surface area contributed by atoms with E-state index in [2.05, 4.69) is 26.8 Å². The number of nitrogens with one attached hydrogen (secondary N) is 2. The van der Waals surface area contributed by atoms with Gasteiger partial charge in [-0.15, -0.1) is 0 Å². The van der Waals surface area contributed by atoms with Gasteiger partial charge in [0.2, 0.25) is 15.9 Å². The highest BCUT2D eigenvalue weighted by atomic mass is 32.2. The van der Waals surface area contributed by atoms with Gasteiger partial charge in [-0.25, -0.2) is 13.1 Å². The summed E-state index contributed by atoms with van der Waals surface area (Å²) in [5, 5.41) is 2.95. The normalized spacial score (nSPS) is 18.3. The standard InChI is InChI=1S/C28H40N4O3S/c1-3-31-17-19-32(20-18-31)26-15-14-25(29-28(33)16-13-23-9-7-8-10-23)21-27(26)36(34,35)30-22(2)24-11-5-4-6-12-24/h4-6,11-12,14-15,21-23,30H,3,7-10,13,16-20H2,1-2H3,(H,29,33)/t22-/m0/s1. The zero-order valence-electron chi connectivity index (χ0n) is 21.6. The minimum atomic E-state index is -3.85. The van der Waals surface area contributed by atoms with Crippen molar-refractivity contribution in [3.05, 3.63) is 54.1 Å². The number of hydrogen-bond acceptors (Lipinski definition) is 5. The number of likely N-dealkylation sites (N-methyl/N-ethyl adjacent to an activating group) is 1. The highest BCUT2D eigenvalue weighted by Crippen LogP contribution is 2.32. The third kappa shape index (κ3) is 6.87. The van der Waals surface area contributed by atoms with Crippen LogP contribution >= 0.6 is 0 Å². The Bertz CT molecular complexity index is 1110. The maximum atomic E-state index is 13.7. The van der Waals surface area contributed by atoms with Crippen molar-refractivity contribution in [2.45, 2.75) is 63.3 Å². The minimum Gasteiger partial charge on any atom is -0.368 e. The summed E-state index contributed by atoms with van der Waals surface area (Å²) in [5.41, 5.74) is 2.10. The number of rotatable bonds is 10. The second-order valence-corrected chi connectivity index (χ2v) is 11.8. The highest BCUT2D eigenvalue weighted by molar-refractivity contribution is 7.89. The van der Waals surface area contributed by atoms with E-state index in [1.165, 1.54) is 25.7 Å². The molecule has 0 aromatic heterocycles. The van der Waals surface area contributed by atoms with Gasteiger partial charge in [0.05, 0.1) is 5.69 Å². The first kappa shape index (κ1) is 26.6. The lowest BCUT2D eigenvalue weighted by Crippen LogP contribution is -2.46. The van der Waals surface area contributed by atoms with E-state index in [1.807, 2.05) is 49.4 Å². The van der Waals surface area contributed by atoms with E-state index in [9.17, 15) is 13.2 Å². The number of nitrogens with zero attached hydrogens (tertiary/aromatic N) is 2. The molecule has 1 atom stereocenters. The van der Waals surface area contributed by atoms with Gasteiger partial charge in [0.15, 0.2) is 0 Å². The molecule has 2 aromatic rings. The van der Waals surface area contributed by atoms with E-state index >= 15 is 0 Å². The highest BCUT2D eigenvalue weighted by Gasteiger charge is 2.27. The molecule has 2 fully saturated rings. The second kappa shape index (κ2) is 12.2. The van der Waals surface area contributed by atoms with E-state index in [0.29, 0.717) is 23.7 Å². The zero-order chi connectivity index (χ0) is 25.5. The molecule has 1 saturated heterocycles. The predicted octanol–water partition coefficient (Wildman–Crippen LogP) is 4.78. The molecule has 36 heavy (non-hydrogen) atoms. The van der Waals surface area contributed by atoms with Crippen molar-refractivity contribution in [1.82, 2.24) is 9.62 Å². The lowest BCUT2D eigenvalue weighted by atomic mass is 10.0. The Morgan fingerprint density at radius 1 is 1.03 bits per heavy atom. The summed E-state index contributed by atoms with van der Waals surface area (Å²) in [6, 6.07) is 14.5. The van der Waals surface area contributed by atoms with Gasteiger partial charge in [0.25, 0.3) is 0 Å². The Balaban J connectivity index is 1.55. The van der Waals surface area contributed by atoms with Crippen LogP contribution < -0.4 is 14.9 Å². The molecular formula is C28H40N4O3S. The Hall–Kier alpha value is -2.42. The van der Waals surface area contributed by atoms with Crippen molar-refractivity contribution < 1.29 is 13.2 Å². The SMILES string of the molecule is CCN1CCN(c2ccc(NC(=O)CCC3CCCC3)cc2S(=O)(=O)N[C@@H](C)c2ccccc2)CC1. The summed E-state index contributed by atoms with van der Waals surface area (Å²) >= 11 is 0. The van der Waals surface area contributed by atoms with Gasteiger partial charge in [-0.2, -0.15) is 0 Å². The molecule has 1 saturated carbocycles. The van der Waals surface area contributed by atoms with E-state index < -0.39 is 10.0 Å². The molecule has 1 aliphatic carbocycles. The molecule has 1 heterocycles. The molecule has 2 N–H and O–H groups in total. The van der Waals surface area contributed by atoms with Crippen LogP contribution in [0.5, 0.6) is 0 Å². The second-order valence-electron chi connectivity index (χ2n) is 10.1. The van der Waals surface area contributed by atoms with Crippen molar-refractivity contribution in [3.63, 3.8) is 0 Å². The fraction of sp³-hybridized carbons (Fsp3) is 0.536. The number of carbonyl (C=O) groups excluding carboxylic acids is 1. The summed E-state index contributed by atoms with van der Waals surface area (Å²) in [6.45, 7) is 8.29. The number of carbonyl (C=O) groups is 1. The summed E-state index contributed by atoms with van der Waals surface area (Å²) in [6.07, 6.45) is 6.30. The molecule has 0 bridgehead atoms. The average Bonchev–Trinajstić information content (AvgIpc) is 3.42. The smallest absolute Gasteiger partial charge is 0.243 e. The van der Waals surface area contributed by atoms with Crippen LogP contribution in [0, 0.1) is 5.92 Å². The van der Waals surface area contributed by atoms with E-state index in [-0.39, 0.29) is 16.8 Å². The van der Waals surface area contributed by atoms with Crippen LogP contribution in [-0.4, -0.2) is 51.9 Å². The summed E-state index contributed by atoms with van der Waals surface area (Å²) in [7, 11) is -3.85. The molecule has 8 heteroatoms. The summed E-state index contributed by atoms with van der Waals surface area (Å²) in [4.78, 5) is 17.4. The fourth-order valence-electron chi connectivity index (χ4n) is 5.34. The minimum absolute atomic E-state index is 0.0554. The molecule has 0 radical (unpaired) electrons. The molecular weight excluding hydrogens is 472 g/mol. The molecule has 2 aromatic carbocycles. The zero-order valence-corrected chi connectivity index (χ0v) is 22.4. The molecule has 196 valence electrons. The number of amides is 1. The third-order valence-electron chi connectivity index (χ3n) is 7.58. The molecule has 4 rings (SSSR count). The lowest BCUT2D eigenvalue weighted by molar-refractivity contribution is -0.116. The first-order valence-corrected chi connectivity index (χ1v) is 14.8. The molecule has 2 aliphatic rings. The lowest BCUT2D eigenvalue weighted by Gasteiger charge is -2.36. The van der Waals surface area contributed by atoms with Crippen molar-refractivity contribution >= 4 is 27.3 Å². The van der Waals surface area contributed by atoms with Crippen LogP contribution in [0.2, 0.25) is 0 Å². The number of sulfonamides is 1. The van der Waals surface area contributed by atoms with Crippen LogP contribution in [0.25, 0.3) is 0 Å². The monoisotopic (exact) mass is 512 g/mol. The van der Waals surface area contributed by atoms with E-state index in [0.717, 1.165) is 44.7 Å². The molecule has 7 nitrogen and oxygen atoms in total. The van der Waals surface area contributed by atoms with E-state index in [1.54, 1.807) is 6.07 Å². The summed E-state index contributed by atoms with van der Waals surface area (Å²) < 4.78 is 30.2. The Kier molecular flexibility index (Phi) is 9.04. The Morgan fingerprint density at radius 3 is 2.39 bits per heavy atom. The fourth-order valence-corrected chi connectivity index (χ4v) is 6.82. The number of hydrogen-bond donors (Lipinski definition) is 2.